The second-order valence-corrected chi connectivity index (χ2v) is 6.93. The monoisotopic (exact) mass is 314 g/mol. The molecule has 0 aliphatic heterocycles. The van der Waals surface area contributed by atoms with Gasteiger partial charge in [0, 0.05) is 12.2 Å². The van der Waals surface area contributed by atoms with Crippen LogP contribution in [-0.4, -0.2) is 16.8 Å². The molecule has 2 aromatic rings. The van der Waals surface area contributed by atoms with Crippen molar-refractivity contribution in [3.63, 3.8) is 0 Å². The van der Waals surface area contributed by atoms with E-state index in [9.17, 15) is 5.11 Å². The average Bonchev–Trinajstić information content (AvgIpc) is 2.48. The highest BCUT2D eigenvalue weighted by molar-refractivity contribution is 5.53. The van der Waals surface area contributed by atoms with Gasteiger partial charge in [-0.3, -0.25) is 0 Å². The normalized spacial score (nSPS) is 11.5. The van der Waals surface area contributed by atoms with Crippen LogP contribution >= 0.6 is 0 Å². The van der Waals surface area contributed by atoms with E-state index in [-0.39, 0.29) is 17.8 Å². The average molecular weight is 314 g/mol. The van der Waals surface area contributed by atoms with Crippen LogP contribution in [0.25, 0.3) is 0 Å². The standard InChI is InChI=1S/C20H26O3/c1-14-8-5-6-10-17(14)23-18-13-15(9-7-11-21)12-16(19(18)22)20(2,3)4/h5-6,8,10,12-13,21-22H,7,9,11H2,1-4H3. The van der Waals surface area contributed by atoms with Crippen LogP contribution in [0.15, 0.2) is 36.4 Å². The van der Waals surface area contributed by atoms with Crippen LogP contribution in [0.1, 0.15) is 43.9 Å². The molecule has 3 nitrogen and oxygen atoms in total. The molecule has 0 saturated carbocycles. The molecular formula is C20H26O3. The fourth-order valence-corrected chi connectivity index (χ4v) is 2.53. The number of aliphatic hydroxyl groups is 1. The van der Waals surface area contributed by atoms with Gasteiger partial charge in [0.15, 0.2) is 11.5 Å². The molecule has 0 aromatic heterocycles. The molecule has 2 rings (SSSR count). The SMILES string of the molecule is Cc1ccccc1Oc1cc(CCCO)cc(C(C)(C)C)c1O. The van der Waals surface area contributed by atoms with Crippen molar-refractivity contribution in [2.45, 2.75) is 46.0 Å². The highest BCUT2D eigenvalue weighted by Gasteiger charge is 2.22. The third-order valence-corrected chi connectivity index (χ3v) is 3.88. The lowest BCUT2D eigenvalue weighted by atomic mass is 9.84. The van der Waals surface area contributed by atoms with Gasteiger partial charge in [0.05, 0.1) is 0 Å². The zero-order chi connectivity index (χ0) is 17.0. The Balaban J connectivity index is 2.46. The van der Waals surface area contributed by atoms with E-state index in [1.54, 1.807) is 0 Å². The maximum absolute atomic E-state index is 10.7. The van der Waals surface area contributed by atoms with E-state index in [1.807, 2.05) is 43.3 Å². The van der Waals surface area contributed by atoms with Gasteiger partial charge < -0.3 is 14.9 Å². The van der Waals surface area contributed by atoms with Gasteiger partial charge in [0.2, 0.25) is 0 Å². The summed E-state index contributed by atoms with van der Waals surface area (Å²) >= 11 is 0. The highest BCUT2D eigenvalue weighted by atomic mass is 16.5. The first-order chi connectivity index (χ1) is 10.8. The minimum Gasteiger partial charge on any atom is -0.504 e. The summed E-state index contributed by atoms with van der Waals surface area (Å²) in [5.41, 5.74) is 2.75. The molecule has 3 heteroatoms. The van der Waals surface area contributed by atoms with E-state index in [2.05, 4.69) is 20.8 Å². The zero-order valence-electron chi connectivity index (χ0n) is 14.4. The van der Waals surface area contributed by atoms with E-state index < -0.39 is 0 Å². The van der Waals surface area contributed by atoms with Crippen molar-refractivity contribution in [3.8, 4) is 17.2 Å². The van der Waals surface area contributed by atoms with E-state index >= 15 is 0 Å². The van der Waals surface area contributed by atoms with Gasteiger partial charge in [-0.2, -0.15) is 0 Å². The Hall–Kier alpha value is -2.00. The fourth-order valence-electron chi connectivity index (χ4n) is 2.53. The molecule has 0 heterocycles. The second kappa shape index (κ2) is 7.05. The Kier molecular flexibility index (Phi) is 5.32. The lowest BCUT2D eigenvalue weighted by Crippen LogP contribution is -2.12. The zero-order valence-corrected chi connectivity index (χ0v) is 14.4. The number of aryl methyl sites for hydroxylation is 2. The summed E-state index contributed by atoms with van der Waals surface area (Å²) in [7, 11) is 0. The number of hydrogen-bond acceptors (Lipinski definition) is 3. The number of ether oxygens (including phenoxy) is 1. The summed E-state index contributed by atoms with van der Waals surface area (Å²) in [5, 5.41) is 19.7. The van der Waals surface area contributed by atoms with Gasteiger partial charge in [-0.25, -0.2) is 0 Å². The molecule has 124 valence electrons. The topological polar surface area (TPSA) is 49.7 Å². The Morgan fingerprint density at radius 1 is 1.04 bits per heavy atom. The Bertz CT molecular complexity index is 669. The summed E-state index contributed by atoms with van der Waals surface area (Å²) in [5.74, 6) is 1.40. The summed E-state index contributed by atoms with van der Waals surface area (Å²) in [4.78, 5) is 0. The molecule has 0 aliphatic rings. The number of aliphatic hydroxyl groups excluding tert-OH is 1. The van der Waals surface area contributed by atoms with E-state index in [4.69, 9.17) is 9.84 Å². The predicted molar refractivity (Wildman–Crippen MR) is 93.5 cm³/mol. The van der Waals surface area contributed by atoms with Crippen molar-refractivity contribution in [3.05, 3.63) is 53.1 Å². The Labute approximate surface area is 138 Å². The van der Waals surface area contributed by atoms with Crippen LogP contribution in [0.3, 0.4) is 0 Å². The largest absolute Gasteiger partial charge is 0.504 e. The molecule has 0 unspecified atom stereocenters. The number of phenols is 1. The predicted octanol–water partition coefficient (Wildman–Crippen LogP) is 4.72. The lowest BCUT2D eigenvalue weighted by Gasteiger charge is -2.23. The van der Waals surface area contributed by atoms with Crippen molar-refractivity contribution in [1.82, 2.24) is 0 Å². The van der Waals surface area contributed by atoms with Crippen LogP contribution in [0.4, 0.5) is 0 Å². The number of para-hydroxylation sites is 1. The van der Waals surface area contributed by atoms with Gasteiger partial charge in [0.1, 0.15) is 5.75 Å². The number of aromatic hydroxyl groups is 1. The van der Waals surface area contributed by atoms with Crippen LogP contribution in [0.2, 0.25) is 0 Å². The van der Waals surface area contributed by atoms with Gasteiger partial charge in [-0.05, 0) is 48.4 Å². The van der Waals surface area contributed by atoms with Gasteiger partial charge >= 0.3 is 0 Å². The molecular weight excluding hydrogens is 288 g/mol. The number of hydrogen-bond donors (Lipinski definition) is 2. The maximum atomic E-state index is 10.7. The van der Waals surface area contributed by atoms with Gasteiger partial charge in [0.25, 0.3) is 0 Å². The maximum Gasteiger partial charge on any atom is 0.169 e. The first-order valence-electron chi connectivity index (χ1n) is 8.03. The van der Waals surface area contributed by atoms with Crippen molar-refractivity contribution in [2.75, 3.05) is 6.61 Å². The van der Waals surface area contributed by atoms with Crippen molar-refractivity contribution in [1.29, 1.82) is 0 Å². The fraction of sp³-hybridized carbons (Fsp3) is 0.400. The van der Waals surface area contributed by atoms with Crippen molar-refractivity contribution < 1.29 is 14.9 Å². The number of rotatable bonds is 5. The molecule has 0 saturated heterocycles. The molecule has 23 heavy (non-hydrogen) atoms. The van der Waals surface area contributed by atoms with Crippen molar-refractivity contribution in [2.24, 2.45) is 0 Å². The number of phenolic OH excluding ortho intramolecular Hbond substituents is 1. The Morgan fingerprint density at radius 3 is 2.35 bits per heavy atom. The third-order valence-electron chi connectivity index (χ3n) is 3.88. The summed E-state index contributed by atoms with van der Waals surface area (Å²) < 4.78 is 5.98. The molecule has 0 aliphatic carbocycles. The first-order valence-corrected chi connectivity index (χ1v) is 8.03. The molecule has 0 atom stereocenters. The highest BCUT2D eigenvalue weighted by Crippen LogP contribution is 2.41. The van der Waals surface area contributed by atoms with Crippen LogP contribution in [-0.2, 0) is 11.8 Å². The van der Waals surface area contributed by atoms with Crippen LogP contribution in [0, 0.1) is 6.92 Å². The van der Waals surface area contributed by atoms with E-state index in [1.165, 1.54) is 0 Å². The molecule has 0 amide bonds. The summed E-state index contributed by atoms with van der Waals surface area (Å²) in [6, 6.07) is 11.6. The first kappa shape index (κ1) is 17.4. The third kappa shape index (κ3) is 4.26. The molecule has 0 spiro atoms. The molecule has 0 fully saturated rings. The summed E-state index contributed by atoms with van der Waals surface area (Å²) in [6.45, 7) is 8.33. The second-order valence-electron chi connectivity index (χ2n) is 6.93. The van der Waals surface area contributed by atoms with Gasteiger partial charge in [-0.15, -0.1) is 0 Å². The number of benzene rings is 2. The smallest absolute Gasteiger partial charge is 0.169 e. The van der Waals surface area contributed by atoms with Crippen LogP contribution in [0.5, 0.6) is 17.2 Å². The Morgan fingerprint density at radius 2 is 1.74 bits per heavy atom. The molecule has 2 N–H and O–H groups in total. The minimum atomic E-state index is -0.191. The molecule has 2 aromatic carbocycles. The van der Waals surface area contributed by atoms with E-state index in [0.717, 1.165) is 28.9 Å². The van der Waals surface area contributed by atoms with Gasteiger partial charge in [-0.1, -0.05) is 45.0 Å². The molecule has 0 bridgehead atoms. The van der Waals surface area contributed by atoms with Crippen molar-refractivity contribution >= 4 is 0 Å². The van der Waals surface area contributed by atoms with E-state index in [0.29, 0.717) is 12.2 Å². The summed E-state index contributed by atoms with van der Waals surface area (Å²) in [6.07, 6.45) is 1.45. The van der Waals surface area contributed by atoms with Crippen LogP contribution < -0.4 is 4.74 Å². The minimum absolute atomic E-state index is 0.152. The quantitative estimate of drug-likeness (QED) is 0.840. The lowest BCUT2D eigenvalue weighted by molar-refractivity contribution is 0.288. The molecule has 0 radical (unpaired) electrons.